The summed E-state index contributed by atoms with van der Waals surface area (Å²) in [4.78, 5) is 71.7. The van der Waals surface area contributed by atoms with Gasteiger partial charge in [-0.1, -0.05) is 375 Å². The molecule has 5 fully saturated rings. The molecule has 20 nitrogen and oxygen atoms in total. The van der Waals surface area contributed by atoms with Crippen molar-refractivity contribution in [3.05, 3.63) is 179 Å². The molecular formula is C110H155N5O15. The smallest absolute Gasteiger partial charge is 0.344 e. The highest BCUT2D eigenvalue weighted by Crippen LogP contribution is 2.46. The monoisotopic (exact) mass is 1860 g/mol. The maximum Gasteiger partial charge on any atom is 0.344 e. The molecule has 0 saturated heterocycles. The van der Waals surface area contributed by atoms with Crippen molar-refractivity contribution < 1.29 is 169 Å². The van der Waals surface area contributed by atoms with E-state index in [4.69, 9.17) is 110 Å². The van der Waals surface area contributed by atoms with Crippen LogP contribution in [0.3, 0.4) is 0 Å². The summed E-state index contributed by atoms with van der Waals surface area (Å²) in [6, 6.07) is 10.6. The highest BCUT2D eigenvalue weighted by molar-refractivity contribution is 5.84. The van der Waals surface area contributed by atoms with Gasteiger partial charge >= 0.3 is 29.8 Å². The second kappa shape index (κ2) is 61.5. The van der Waals surface area contributed by atoms with Crippen molar-refractivity contribution in [2.45, 2.75) is 257 Å². The number of ether oxygens (including phenoxy) is 5. The molecule has 5 N–H and O–H groups in total. The lowest BCUT2D eigenvalue weighted by Crippen LogP contribution is -2.45. The zero-order valence-electron chi connectivity index (χ0n) is 142. The molecule has 5 saturated carbocycles. The van der Waals surface area contributed by atoms with Gasteiger partial charge < -0.3 is 49.2 Å². The Morgan fingerprint density at radius 2 is 0.554 bits per heavy atom. The van der Waals surface area contributed by atoms with Gasteiger partial charge in [0, 0.05) is 98.1 Å². The first-order valence-electron chi connectivity index (χ1n) is 75.9. The van der Waals surface area contributed by atoms with Gasteiger partial charge in [-0.15, -0.1) is 0 Å². The lowest BCUT2D eigenvalue weighted by Gasteiger charge is -2.36. The number of aliphatic hydroxyl groups is 5. The molecule has 5 unspecified atom stereocenters. The van der Waals surface area contributed by atoms with Crippen LogP contribution in [0.5, 0.6) is 0 Å². The average molecular weight is 1860 g/mol. The van der Waals surface area contributed by atoms with Crippen molar-refractivity contribution in [3.8, 4) is 59.2 Å². The Morgan fingerprint density at radius 3 is 0.808 bits per heavy atom. The van der Waals surface area contributed by atoms with Crippen molar-refractivity contribution >= 4 is 29.8 Å². The molecule has 0 aromatic heterocycles. The number of rotatable bonds is 35. The highest BCUT2D eigenvalue weighted by atomic mass is 16.6. The zero-order valence-corrected chi connectivity index (χ0v) is 71.7. The van der Waals surface area contributed by atoms with Crippen LogP contribution >= 0.6 is 0 Å². The third-order valence-electron chi connectivity index (χ3n) is 20.4. The molecule has 0 spiro atoms. The number of benzene rings is 5. The predicted octanol–water partition coefficient (Wildman–Crippen LogP) is 16.7. The van der Waals surface area contributed by atoms with Gasteiger partial charge in [0.15, 0.2) is 60.8 Å². The minimum atomic E-state index is -4.84. The maximum atomic E-state index is 14.0. The number of nitrogens with zero attached hydrogens (tertiary/aromatic N) is 5. The summed E-state index contributed by atoms with van der Waals surface area (Å²) in [5.41, 5.74) is -18.5. The third kappa shape index (κ3) is 33.8. The molecule has 5 aromatic carbocycles. The van der Waals surface area contributed by atoms with Gasteiger partial charge in [-0.3, -0.25) is 24.5 Å². The summed E-state index contributed by atoms with van der Waals surface area (Å²) in [5, 5.41) is 58.8. The van der Waals surface area contributed by atoms with Crippen LogP contribution in [0.15, 0.2) is 151 Å². The fourth-order valence-corrected chi connectivity index (χ4v) is 13.2. The van der Waals surface area contributed by atoms with Crippen molar-refractivity contribution in [2.24, 2.45) is 29.5 Å². The van der Waals surface area contributed by atoms with Gasteiger partial charge in [0.05, 0.1) is 60.1 Å². The Labute approximate surface area is 878 Å². The third-order valence-corrected chi connectivity index (χ3v) is 20.4. The van der Waals surface area contributed by atoms with Crippen LogP contribution in [0.2, 0.25) is 0 Å². The first-order chi connectivity index (χ1) is 89.6. The van der Waals surface area contributed by atoms with Crippen LogP contribution < -0.4 is 0 Å². The van der Waals surface area contributed by atoms with Gasteiger partial charge in [0.25, 0.3) is 0 Å². The zero-order chi connectivity index (χ0) is 155. The number of carbonyl (C=O) groups is 5. The lowest BCUT2D eigenvalue weighted by atomic mass is 9.73. The molecule has 0 heterocycles. The van der Waals surface area contributed by atoms with E-state index in [2.05, 4.69) is 45.0 Å². The Bertz CT molecular complexity index is 7570. The molecular weight excluding hydrogens is 1630 g/mol. The number of carbonyl (C=O) groups excluding carboxylic acids is 5. The topological polar surface area (TPSA) is 249 Å². The molecule has 130 heavy (non-hydrogen) atoms. The van der Waals surface area contributed by atoms with Crippen molar-refractivity contribution in [1.82, 2.24) is 24.5 Å². The molecule has 0 bridgehead atoms. The molecule has 5 aliphatic rings. The lowest BCUT2D eigenvalue weighted by molar-refractivity contribution is -0.174. The molecule has 10 rings (SSSR count). The van der Waals surface area contributed by atoms with Gasteiger partial charge in [0.2, 0.25) is 0 Å². The predicted molar refractivity (Wildman–Crippen MR) is 517 cm³/mol. The summed E-state index contributed by atoms with van der Waals surface area (Å²) >= 11 is 0. The van der Waals surface area contributed by atoms with E-state index in [1.807, 2.05) is 11.8 Å². The minimum Gasteiger partial charge on any atom is -0.450 e. The molecule has 710 valence electrons. The van der Waals surface area contributed by atoms with Crippen LogP contribution in [-0.4, -0.2) is 211 Å². The summed E-state index contributed by atoms with van der Waals surface area (Å²) in [5.74, 6) is 0.954. The van der Waals surface area contributed by atoms with E-state index in [9.17, 15) is 49.5 Å². The molecule has 20 heteroatoms. The Hall–Kier alpha value is -9.15. The normalized spacial score (nSPS) is 31.0. The van der Waals surface area contributed by atoms with Crippen LogP contribution in [0.4, 0.5) is 0 Å². The molecule has 0 radical (unpaired) electrons. The number of esters is 5. The van der Waals surface area contributed by atoms with Gasteiger partial charge in [-0.2, -0.15) is 0 Å². The van der Waals surface area contributed by atoms with E-state index in [0.717, 1.165) is 93.7 Å². The summed E-state index contributed by atoms with van der Waals surface area (Å²) in [7, 11) is 0. The van der Waals surface area contributed by atoms with Gasteiger partial charge in [-0.05, 0) is 157 Å². The second-order valence-corrected chi connectivity index (χ2v) is 28.4. The van der Waals surface area contributed by atoms with Gasteiger partial charge in [0.1, 0.15) is 0 Å². The summed E-state index contributed by atoms with van der Waals surface area (Å²) in [6.45, 7) is -46.6. The second-order valence-electron chi connectivity index (χ2n) is 28.4. The van der Waals surface area contributed by atoms with Crippen LogP contribution in [0.25, 0.3) is 0 Å². The summed E-state index contributed by atoms with van der Waals surface area (Å²) in [6.07, 6.45) is -32.6. The Kier molecular flexibility index (Phi) is 21.4. The Balaban J connectivity index is 0.000000379. The fraction of sp³-hybridized carbons (Fsp3) is 0.591. The minimum absolute atomic E-state index is 0.252. The molecule has 5 aliphatic carbocycles. The van der Waals surface area contributed by atoms with Crippen LogP contribution in [-0.2, 0) is 75.7 Å². The van der Waals surface area contributed by atoms with E-state index < -0.39 is 407 Å². The first kappa shape index (κ1) is 45.3. The molecule has 0 aliphatic heterocycles. The van der Waals surface area contributed by atoms with E-state index >= 15 is 0 Å². The highest BCUT2D eigenvalue weighted by Gasteiger charge is 2.52. The maximum absolute atomic E-state index is 14.0. The van der Waals surface area contributed by atoms with Crippen molar-refractivity contribution in [1.29, 1.82) is 0 Å². The molecule has 5 atom stereocenters. The van der Waals surface area contributed by atoms with Crippen LogP contribution in [0.1, 0.15) is 352 Å². The largest absolute Gasteiger partial charge is 0.450 e. The van der Waals surface area contributed by atoms with Crippen LogP contribution in [0, 0.1) is 88.7 Å². The molecule has 5 aromatic rings. The SMILES string of the molecule is [2H]C([2H])(C#CCN(C([2H])([2H])C)C([2H])([2H])C)OC(=O)C(O)(c1ccccc1)C1CCCCC1.[2H]C([2H])([2H])CN(CC#CC([2H])([2H])OC(=O)C(O)(c1ccccc1)C1([2H])C([2H])([2H])C([2H])([2H])C([2H])([2H])C([2H])([2H])C1([2H])[2H])CC([2H])([2H])[2H].[2H]C([2H])([2H])CN(CC#CC([2H])([2H])OC(=O)C(O)(c1ccccc1)C1CCCCC1)CC([2H])([2H])[2H].[2H]c1c([2H])c([2H])c(C(O)(C(=O)OC([2H])([2H])C#CCN(CC([2H])([2H])[2H])CC([2H])([2H])[2H])C2([2H])C([2H])([2H])C([2H])([2H])C([2H])([2H])C([2H])([2H])C2([2H])[2H])c([2H])c1[2H].[2H]c1c([2H])c([2H])c(C(O)(C(=O)OC([2H])([2H])C#CCN(CC([2H])([2H])[2H])CC([2H])([2H])[2H])C2CCCCC2)c([2H])c1[2H]. The van der Waals surface area contributed by atoms with E-state index in [-0.39, 0.29) is 19.4 Å². The molecule has 0 amide bonds. The number of hydrogen-bond acceptors (Lipinski definition) is 20. The van der Waals surface area contributed by atoms with E-state index in [1.54, 1.807) is 72.5 Å². The van der Waals surface area contributed by atoms with Gasteiger partial charge in [-0.25, -0.2) is 24.0 Å². The van der Waals surface area contributed by atoms with Crippen molar-refractivity contribution in [2.75, 3.05) is 131 Å². The van der Waals surface area contributed by atoms with Crippen molar-refractivity contribution in [3.63, 3.8) is 0 Å². The van der Waals surface area contributed by atoms with E-state index in [0.29, 0.717) is 49.7 Å². The Morgan fingerprint density at radius 1 is 0.331 bits per heavy atom. The summed E-state index contributed by atoms with van der Waals surface area (Å²) < 4.78 is 577. The quantitative estimate of drug-likeness (QED) is 0.0144. The standard InChI is InChI=1S/5C22H31NO3/c5*1-3-23(4-2)17-11-12-18-26-21(24)22(25,19-13-7-5-8-14-19)20-15-9-6-10-16-20/h5*5,7-8,13-14,20,25H,3-4,6,9-10,15-18H2,1-2H3/i1D3,2D3,5D,6D2,7D,8D,9D2,10D2,13D,14D,15D2,16D2,18D2,20D;1D3,2D3,6D2,9D2,10D2,15D2,16D2,18D2,20D;1D3,2D3,5D,7D,8D,13D,14D,18D2;3D2,4D2,18D2;1D3,2D3,18D2. The fourth-order valence-electron chi connectivity index (χ4n) is 13.2. The van der Waals surface area contributed by atoms with E-state index in [1.165, 1.54) is 19.9 Å². The first-order valence-corrected chi connectivity index (χ1v) is 40.9. The number of hydrogen-bond donors (Lipinski definition) is 5. The average Bonchev–Trinajstić information content (AvgIpc) is 0.643.